The molecule has 1 aromatic rings. The second kappa shape index (κ2) is 13.3. The van der Waals surface area contributed by atoms with E-state index in [0.29, 0.717) is 12.3 Å². The van der Waals surface area contributed by atoms with Gasteiger partial charge in [-0.3, -0.25) is 0 Å². The quantitative estimate of drug-likeness (QED) is 0.321. The molecule has 0 radical (unpaired) electrons. The number of aliphatic imine (C=N–C) groups is 1. The van der Waals surface area contributed by atoms with Gasteiger partial charge in [0.25, 0.3) is 0 Å². The average Bonchev–Trinajstić information content (AvgIpc) is 3.12. The van der Waals surface area contributed by atoms with E-state index < -0.39 is 6.09 Å². The van der Waals surface area contributed by atoms with Crippen LogP contribution >= 0.6 is 0 Å². The van der Waals surface area contributed by atoms with Crippen molar-refractivity contribution in [1.82, 2.24) is 0 Å². The highest BCUT2D eigenvalue weighted by Crippen LogP contribution is 2.22. The van der Waals surface area contributed by atoms with Crippen LogP contribution in [-0.2, 0) is 4.74 Å². The maximum Gasteiger partial charge on any atom is 0.434 e. The zero-order valence-corrected chi connectivity index (χ0v) is 16.9. The fourth-order valence-corrected chi connectivity index (χ4v) is 3.40. The van der Waals surface area contributed by atoms with Gasteiger partial charge in [0.1, 0.15) is 12.4 Å². The highest BCUT2D eigenvalue weighted by atomic mass is 16.6. The normalized spacial score (nSPS) is 13.5. The lowest BCUT2D eigenvalue weighted by Crippen LogP contribution is -2.07. The molecule has 0 N–H and O–H groups in total. The van der Waals surface area contributed by atoms with Crippen LogP contribution in [0.15, 0.2) is 29.3 Å². The number of nitrogens with zero attached hydrogens (tertiary/aromatic N) is 1. The largest absolute Gasteiger partial charge is 0.493 e. The van der Waals surface area contributed by atoms with Crippen LogP contribution in [-0.4, -0.2) is 25.0 Å². The first-order valence-corrected chi connectivity index (χ1v) is 10.8. The van der Waals surface area contributed by atoms with Gasteiger partial charge in [-0.05, 0) is 18.6 Å². The molecule has 1 heterocycles. The van der Waals surface area contributed by atoms with Gasteiger partial charge < -0.3 is 9.47 Å². The lowest BCUT2D eigenvalue weighted by Gasteiger charge is -2.10. The van der Waals surface area contributed by atoms with Crippen molar-refractivity contribution >= 4 is 11.8 Å². The van der Waals surface area contributed by atoms with E-state index in [2.05, 4.69) is 11.9 Å². The van der Waals surface area contributed by atoms with Crippen molar-refractivity contribution in [2.75, 3.05) is 13.2 Å². The van der Waals surface area contributed by atoms with Crippen LogP contribution in [0.2, 0.25) is 0 Å². The Balaban J connectivity index is 1.50. The molecule has 4 heteroatoms. The third kappa shape index (κ3) is 8.59. The van der Waals surface area contributed by atoms with Crippen LogP contribution in [0.3, 0.4) is 0 Å². The summed E-state index contributed by atoms with van der Waals surface area (Å²) in [6.45, 7) is 3.21. The Morgan fingerprint density at radius 3 is 2.07 bits per heavy atom. The highest BCUT2D eigenvalue weighted by Gasteiger charge is 2.19. The average molecular weight is 374 g/mol. The van der Waals surface area contributed by atoms with Crippen molar-refractivity contribution in [2.24, 2.45) is 4.99 Å². The molecule has 1 aliphatic heterocycles. The van der Waals surface area contributed by atoms with E-state index >= 15 is 0 Å². The minimum Gasteiger partial charge on any atom is -0.493 e. The molecule has 27 heavy (non-hydrogen) atoms. The van der Waals surface area contributed by atoms with Crippen LogP contribution in [0.1, 0.15) is 89.5 Å². The molecule has 1 aromatic carbocycles. The first kappa shape index (κ1) is 21.5. The summed E-state index contributed by atoms with van der Waals surface area (Å²) in [6.07, 6.45) is 15.5. The van der Waals surface area contributed by atoms with Gasteiger partial charge >= 0.3 is 6.09 Å². The molecule has 0 aliphatic carbocycles. The number of para-hydroxylation sites is 1. The van der Waals surface area contributed by atoms with Gasteiger partial charge in [-0.15, -0.1) is 0 Å². The van der Waals surface area contributed by atoms with Crippen LogP contribution in [0, 0.1) is 0 Å². The van der Waals surface area contributed by atoms with Crippen molar-refractivity contribution in [3.8, 4) is 5.75 Å². The summed E-state index contributed by atoms with van der Waals surface area (Å²) in [4.78, 5) is 15.1. The number of amides is 1. The lowest BCUT2D eigenvalue weighted by molar-refractivity contribution is 0.181. The van der Waals surface area contributed by atoms with Gasteiger partial charge in [0.2, 0.25) is 0 Å². The van der Waals surface area contributed by atoms with Crippen molar-refractivity contribution < 1.29 is 14.3 Å². The molecule has 0 saturated heterocycles. The fourth-order valence-electron chi connectivity index (χ4n) is 3.40. The van der Waals surface area contributed by atoms with Crippen molar-refractivity contribution in [3.05, 3.63) is 29.8 Å². The smallest absolute Gasteiger partial charge is 0.434 e. The SMILES string of the molecule is CCCCCCCCCCCCCCOc1ccccc1C1=NC(=O)OC1. The van der Waals surface area contributed by atoms with Crippen LogP contribution in [0.25, 0.3) is 0 Å². The molecular formula is C23H35NO3. The summed E-state index contributed by atoms with van der Waals surface area (Å²) in [5.74, 6) is 0.789. The monoisotopic (exact) mass is 373 g/mol. The van der Waals surface area contributed by atoms with E-state index in [0.717, 1.165) is 17.7 Å². The predicted molar refractivity (Wildman–Crippen MR) is 111 cm³/mol. The standard InChI is InChI=1S/C23H35NO3/c1-2-3-4-5-6-7-8-9-10-11-12-15-18-26-22-17-14-13-16-20(22)21-19-27-23(25)24-21/h13-14,16-17H,2-12,15,18-19H2,1H3. The van der Waals surface area contributed by atoms with E-state index in [1.807, 2.05) is 24.3 Å². The molecule has 0 spiro atoms. The van der Waals surface area contributed by atoms with Gasteiger partial charge in [0.05, 0.1) is 12.3 Å². The molecule has 0 aromatic heterocycles. The van der Waals surface area contributed by atoms with E-state index in [1.54, 1.807) is 0 Å². The van der Waals surface area contributed by atoms with Crippen molar-refractivity contribution in [1.29, 1.82) is 0 Å². The predicted octanol–water partition coefficient (Wildman–Crippen LogP) is 6.71. The Bertz CT molecular complexity index is 583. The van der Waals surface area contributed by atoms with E-state index in [1.165, 1.54) is 70.6 Å². The number of hydrogen-bond acceptors (Lipinski definition) is 3. The number of unbranched alkanes of at least 4 members (excludes halogenated alkanes) is 11. The molecule has 1 aliphatic rings. The van der Waals surface area contributed by atoms with Gasteiger partial charge in [-0.1, -0.05) is 89.7 Å². The molecule has 0 bridgehead atoms. The number of carbonyl (C=O) groups is 1. The Labute approximate surface area is 164 Å². The Kier molecular flexibility index (Phi) is 10.6. The summed E-state index contributed by atoms with van der Waals surface area (Å²) in [5, 5.41) is 0. The Morgan fingerprint density at radius 1 is 0.889 bits per heavy atom. The molecule has 0 unspecified atom stereocenters. The number of rotatable bonds is 15. The Hall–Kier alpha value is -1.84. The summed E-state index contributed by atoms with van der Waals surface area (Å²) >= 11 is 0. The van der Waals surface area contributed by atoms with Gasteiger partial charge in [-0.2, -0.15) is 4.99 Å². The minimum absolute atomic E-state index is 0.234. The number of carbonyl (C=O) groups excluding carboxylic acids is 1. The van der Waals surface area contributed by atoms with Gasteiger partial charge in [0.15, 0.2) is 0 Å². The van der Waals surface area contributed by atoms with E-state index in [4.69, 9.17) is 9.47 Å². The van der Waals surface area contributed by atoms with Crippen LogP contribution < -0.4 is 4.74 Å². The summed E-state index contributed by atoms with van der Waals surface area (Å²) in [5.41, 5.74) is 1.52. The van der Waals surface area contributed by atoms with Crippen molar-refractivity contribution in [2.45, 2.75) is 84.0 Å². The van der Waals surface area contributed by atoms with Crippen LogP contribution in [0.4, 0.5) is 4.79 Å². The first-order chi connectivity index (χ1) is 13.3. The fraction of sp³-hybridized carbons (Fsp3) is 0.652. The maximum atomic E-state index is 11.2. The number of benzene rings is 1. The van der Waals surface area contributed by atoms with Crippen LogP contribution in [0.5, 0.6) is 5.75 Å². The molecule has 0 fully saturated rings. The summed E-state index contributed by atoms with van der Waals surface area (Å²) in [7, 11) is 0. The molecule has 2 rings (SSSR count). The maximum absolute atomic E-state index is 11.2. The molecule has 150 valence electrons. The second-order valence-electron chi connectivity index (χ2n) is 7.35. The van der Waals surface area contributed by atoms with E-state index in [9.17, 15) is 4.79 Å². The molecular weight excluding hydrogens is 338 g/mol. The lowest BCUT2D eigenvalue weighted by atomic mass is 10.1. The van der Waals surface area contributed by atoms with Gasteiger partial charge in [-0.25, -0.2) is 4.79 Å². The number of ether oxygens (including phenoxy) is 2. The molecule has 4 nitrogen and oxygen atoms in total. The topological polar surface area (TPSA) is 47.9 Å². The summed E-state index contributed by atoms with van der Waals surface area (Å²) < 4.78 is 10.8. The number of hydrogen-bond donors (Lipinski definition) is 0. The second-order valence-corrected chi connectivity index (χ2v) is 7.35. The molecule has 0 atom stereocenters. The highest BCUT2D eigenvalue weighted by molar-refractivity contribution is 6.11. The van der Waals surface area contributed by atoms with E-state index in [-0.39, 0.29) is 6.61 Å². The third-order valence-electron chi connectivity index (χ3n) is 5.01. The first-order valence-electron chi connectivity index (χ1n) is 10.8. The summed E-state index contributed by atoms with van der Waals surface area (Å²) in [6, 6.07) is 7.73. The zero-order valence-electron chi connectivity index (χ0n) is 16.9. The number of cyclic esters (lactones) is 1. The Morgan fingerprint density at radius 2 is 1.48 bits per heavy atom. The molecule has 1 amide bonds. The minimum atomic E-state index is -0.513. The molecule has 0 saturated carbocycles. The third-order valence-corrected chi connectivity index (χ3v) is 5.01. The van der Waals surface area contributed by atoms with Gasteiger partial charge in [0, 0.05) is 5.56 Å². The van der Waals surface area contributed by atoms with Crippen molar-refractivity contribution in [3.63, 3.8) is 0 Å². The zero-order chi connectivity index (χ0) is 19.2.